The number of aryl methyl sites for hydroxylation is 1. The van der Waals surface area contributed by atoms with E-state index >= 15 is 0 Å². The zero-order valence-corrected chi connectivity index (χ0v) is 16.2. The zero-order chi connectivity index (χ0) is 18.0. The molecule has 0 aliphatic heterocycles. The summed E-state index contributed by atoms with van der Waals surface area (Å²) < 4.78 is 0. The maximum Gasteiger partial charge on any atom is 0.155 e. The van der Waals surface area contributed by atoms with Crippen LogP contribution in [0.3, 0.4) is 0 Å². The average Bonchev–Trinajstić information content (AvgIpc) is 2.52. The molecule has 0 N–H and O–H groups in total. The van der Waals surface area contributed by atoms with Crippen LogP contribution in [0.25, 0.3) is 0 Å². The molecule has 2 rings (SSSR count). The van der Waals surface area contributed by atoms with Crippen LogP contribution in [-0.2, 0) is 22.0 Å². The second-order valence-corrected chi connectivity index (χ2v) is 8.40. The number of carbonyl (C=O) groups excluding carboxylic acids is 1. The van der Waals surface area contributed by atoms with Crippen LogP contribution in [0, 0.1) is 6.92 Å². The summed E-state index contributed by atoms with van der Waals surface area (Å²) in [4.78, 5) is 11.3. The molecule has 24 heavy (non-hydrogen) atoms. The number of rotatable bonds is 5. The monoisotopic (exact) mass is 324 g/mol. The van der Waals surface area contributed by atoms with Crippen LogP contribution < -0.4 is 0 Å². The number of carbonyl (C=O) groups is 1. The minimum atomic E-state index is 0.175. The smallest absolute Gasteiger partial charge is 0.155 e. The summed E-state index contributed by atoms with van der Waals surface area (Å²) in [5, 5.41) is 0. The van der Waals surface area contributed by atoms with Gasteiger partial charge >= 0.3 is 0 Å². The number of benzene rings is 1. The third kappa shape index (κ3) is 4.06. The third-order valence-electron chi connectivity index (χ3n) is 5.52. The Labute approximate surface area is 147 Å². The highest BCUT2D eigenvalue weighted by Crippen LogP contribution is 2.46. The van der Waals surface area contributed by atoms with Crippen LogP contribution in [0.1, 0.15) is 76.1 Å². The van der Waals surface area contributed by atoms with Crippen LogP contribution in [0.2, 0.25) is 0 Å². The Bertz CT molecular complexity index is 672. The third-order valence-corrected chi connectivity index (χ3v) is 5.52. The van der Waals surface area contributed by atoms with Gasteiger partial charge in [-0.25, -0.2) is 0 Å². The van der Waals surface area contributed by atoms with Crippen molar-refractivity contribution in [1.29, 1.82) is 0 Å². The highest BCUT2D eigenvalue weighted by molar-refractivity contribution is 5.89. The predicted octanol–water partition coefficient (Wildman–Crippen LogP) is 5.98. The van der Waals surface area contributed by atoms with E-state index in [0.717, 1.165) is 6.42 Å². The van der Waals surface area contributed by atoms with E-state index in [2.05, 4.69) is 52.8 Å². The molecule has 0 bridgehead atoms. The Kier molecular flexibility index (Phi) is 5.52. The molecule has 1 aromatic carbocycles. The van der Waals surface area contributed by atoms with Crippen molar-refractivity contribution in [2.45, 2.75) is 78.1 Å². The summed E-state index contributed by atoms with van der Waals surface area (Å²) in [6, 6.07) is 4.84. The molecule has 0 amide bonds. The van der Waals surface area contributed by atoms with Gasteiger partial charge < -0.3 is 0 Å². The first-order valence-electron chi connectivity index (χ1n) is 9.18. The lowest BCUT2D eigenvalue weighted by atomic mass is 9.62. The first kappa shape index (κ1) is 18.7. The van der Waals surface area contributed by atoms with Crippen molar-refractivity contribution < 1.29 is 4.79 Å². The Balaban J connectivity index is 2.26. The van der Waals surface area contributed by atoms with Crippen molar-refractivity contribution in [2.24, 2.45) is 0 Å². The van der Waals surface area contributed by atoms with Gasteiger partial charge in [-0.15, -0.1) is 0 Å². The minimum Gasteiger partial charge on any atom is -0.295 e. The van der Waals surface area contributed by atoms with Gasteiger partial charge in [0.2, 0.25) is 0 Å². The molecule has 0 fully saturated rings. The average molecular weight is 325 g/mol. The van der Waals surface area contributed by atoms with Crippen molar-refractivity contribution in [3.8, 4) is 0 Å². The molecule has 0 atom stereocenters. The second-order valence-electron chi connectivity index (χ2n) is 8.40. The lowest BCUT2D eigenvalue weighted by molar-refractivity contribution is -0.114. The molecule has 1 aromatic rings. The summed E-state index contributed by atoms with van der Waals surface area (Å²) in [7, 11) is 0. The molecule has 0 saturated heterocycles. The maximum absolute atomic E-state index is 11.3. The molecule has 1 aliphatic rings. The summed E-state index contributed by atoms with van der Waals surface area (Å²) >= 11 is 0. The highest BCUT2D eigenvalue weighted by Gasteiger charge is 2.37. The lowest BCUT2D eigenvalue weighted by Gasteiger charge is -2.42. The van der Waals surface area contributed by atoms with Crippen molar-refractivity contribution in [2.75, 3.05) is 0 Å². The fraction of sp³-hybridized carbons (Fsp3) is 0.522. The predicted molar refractivity (Wildman–Crippen MR) is 104 cm³/mol. The van der Waals surface area contributed by atoms with Crippen LogP contribution in [0.5, 0.6) is 0 Å². The van der Waals surface area contributed by atoms with Gasteiger partial charge in [-0.2, -0.15) is 0 Å². The Morgan fingerprint density at radius 3 is 2.21 bits per heavy atom. The number of ketones is 1. The van der Waals surface area contributed by atoms with Gasteiger partial charge in [0.05, 0.1) is 0 Å². The minimum absolute atomic E-state index is 0.175. The Morgan fingerprint density at radius 1 is 1.04 bits per heavy atom. The van der Waals surface area contributed by atoms with Gasteiger partial charge in [-0.05, 0) is 65.3 Å². The molecule has 0 radical (unpaired) electrons. The van der Waals surface area contributed by atoms with E-state index in [9.17, 15) is 4.79 Å². The second kappa shape index (κ2) is 7.09. The standard InChI is InChI=1S/C23H32O/c1-7-19(24)12-10-8-9-11-18-16-21-20(15-17(18)2)22(3,4)13-14-23(21,5)6/h8-10,12,15-16H,7,11,13-14H2,1-6H3/b9-8+,12-10+. The van der Waals surface area contributed by atoms with E-state index < -0.39 is 0 Å². The lowest BCUT2D eigenvalue weighted by Crippen LogP contribution is -2.34. The van der Waals surface area contributed by atoms with Crippen LogP contribution >= 0.6 is 0 Å². The van der Waals surface area contributed by atoms with Gasteiger partial charge in [0.25, 0.3) is 0 Å². The molecule has 0 aromatic heterocycles. The van der Waals surface area contributed by atoms with Crippen LogP contribution in [-0.4, -0.2) is 5.78 Å². The zero-order valence-electron chi connectivity index (χ0n) is 16.2. The van der Waals surface area contributed by atoms with Gasteiger partial charge in [0, 0.05) is 6.42 Å². The fourth-order valence-electron chi connectivity index (χ4n) is 3.54. The fourth-order valence-corrected chi connectivity index (χ4v) is 3.54. The molecule has 1 nitrogen and oxygen atoms in total. The normalized spacial score (nSPS) is 18.9. The molecule has 0 spiro atoms. The number of allylic oxidation sites excluding steroid dienone is 4. The first-order chi connectivity index (χ1) is 11.2. The Morgan fingerprint density at radius 2 is 1.62 bits per heavy atom. The van der Waals surface area contributed by atoms with Gasteiger partial charge in [0.1, 0.15) is 0 Å². The molecule has 1 heteroatoms. The number of hydrogen-bond acceptors (Lipinski definition) is 1. The van der Waals surface area contributed by atoms with Gasteiger partial charge in [-0.3, -0.25) is 4.79 Å². The molecule has 1 aliphatic carbocycles. The molecular formula is C23H32O. The van der Waals surface area contributed by atoms with Crippen molar-refractivity contribution >= 4 is 5.78 Å². The number of hydrogen-bond donors (Lipinski definition) is 0. The topological polar surface area (TPSA) is 17.1 Å². The van der Waals surface area contributed by atoms with Gasteiger partial charge in [-0.1, -0.05) is 65.0 Å². The summed E-state index contributed by atoms with van der Waals surface area (Å²) in [6.07, 6.45) is 11.6. The van der Waals surface area contributed by atoms with E-state index in [0.29, 0.717) is 6.42 Å². The number of fused-ring (bicyclic) bond motifs is 1. The summed E-state index contributed by atoms with van der Waals surface area (Å²) in [5.74, 6) is 0.175. The summed E-state index contributed by atoms with van der Waals surface area (Å²) in [5.41, 5.74) is 6.34. The van der Waals surface area contributed by atoms with E-state index in [1.54, 1.807) is 6.08 Å². The summed E-state index contributed by atoms with van der Waals surface area (Å²) in [6.45, 7) is 13.6. The van der Waals surface area contributed by atoms with Crippen LogP contribution in [0.15, 0.2) is 36.4 Å². The maximum atomic E-state index is 11.3. The molecule has 0 saturated carbocycles. The first-order valence-corrected chi connectivity index (χ1v) is 9.18. The van der Waals surface area contributed by atoms with Crippen molar-refractivity contribution in [3.05, 3.63) is 58.7 Å². The molecule has 0 heterocycles. The van der Waals surface area contributed by atoms with Crippen molar-refractivity contribution in [3.63, 3.8) is 0 Å². The highest BCUT2D eigenvalue weighted by atomic mass is 16.1. The van der Waals surface area contributed by atoms with Gasteiger partial charge in [0.15, 0.2) is 5.78 Å². The molecule has 130 valence electrons. The molecular weight excluding hydrogens is 292 g/mol. The van der Waals surface area contributed by atoms with Crippen molar-refractivity contribution in [1.82, 2.24) is 0 Å². The van der Waals surface area contributed by atoms with E-state index in [-0.39, 0.29) is 16.6 Å². The van der Waals surface area contributed by atoms with E-state index in [1.165, 1.54) is 35.1 Å². The molecule has 0 unspecified atom stereocenters. The van der Waals surface area contributed by atoms with E-state index in [1.807, 2.05) is 19.1 Å². The van der Waals surface area contributed by atoms with E-state index in [4.69, 9.17) is 0 Å². The van der Waals surface area contributed by atoms with Crippen LogP contribution in [0.4, 0.5) is 0 Å². The Hall–Kier alpha value is -1.63. The quantitative estimate of drug-likeness (QED) is 0.481. The SMILES string of the molecule is CCC(=O)/C=C/C=C/Cc1cc2c(cc1C)C(C)(C)CCC2(C)C. The largest absolute Gasteiger partial charge is 0.295 e.